The number of aromatic nitrogens is 1. The van der Waals surface area contributed by atoms with Gasteiger partial charge in [-0.05, 0) is 18.2 Å². The lowest BCUT2D eigenvalue weighted by molar-refractivity contribution is 0.302. The third kappa shape index (κ3) is 2.72. The van der Waals surface area contributed by atoms with E-state index in [4.69, 9.17) is 22.1 Å². The number of benzene rings is 1. The number of nitrogens with zero attached hydrogens (tertiary/aromatic N) is 1. The van der Waals surface area contributed by atoms with Gasteiger partial charge in [0.2, 0.25) is 0 Å². The van der Waals surface area contributed by atoms with E-state index in [1.807, 2.05) is 17.5 Å². The maximum atomic E-state index is 5.87. The molecule has 2 rings (SSSR count). The van der Waals surface area contributed by atoms with Crippen LogP contribution in [0.15, 0.2) is 29.8 Å². The second-order valence-electron chi connectivity index (χ2n) is 3.17. The Morgan fingerprint density at radius 3 is 3.00 bits per heavy atom. The Morgan fingerprint density at radius 1 is 1.44 bits per heavy atom. The van der Waals surface area contributed by atoms with E-state index >= 15 is 0 Å². The molecular formula is C11H11ClN2OS. The van der Waals surface area contributed by atoms with Crippen molar-refractivity contribution in [3.63, 3.8) is 0 Å². The van der Waals surface area contributed by atoms with Crippen LogP contribution in [0.3, 0.4) is 0 Å². The van der Waals surface area contributed by atoms with E-state index < -0.39 is 0 Å². The van der Waals surface area contributed by atoms with Gasteiger partial charge in [-0.15, -0.1) is 11.3 Å². The number of nitrogens with two attached hydrogens (primary N) is 1. The Hall–Kier alpha value is -1.10. The lowest BCUT2D eigenvalue weighted by Gasteiger charge is -2.09. The van der Waals surface area contributed by atoms with Crippen molar-refractivity contribution in [3.05, 3.63) is 45.4 Å². The first-order chi connectivity index (χ1) is 7.79. The molecule has 0 spiro atoms. The summed E-state index contributed by atoms with van der Waals surface area (Å²) in [5.74, 6) is 0.766. The fourth-order valence-corrected chi connectivity index (χ4v) is 2.03. The van der Waals surface area contributed by atoms with Crippen LogP contribution >= 0.6 is 22.9 Å². The summed E-state index contributed by atoms with van der Waals surface area (Å²) in [7, 11) is 0. The lowest BCUT2D eigenvalue weighted by Crippen LogP contribution is -2.02. The molecule has 1 heterocycles. The molecular weight excluding hydrogens is 244 g/mol. The van der Waals surface area contributed by atoms with Crippen LogP contribution in [-0.4, -0.2) is 4.98 Å². The first-order valence-corrected chi connectivity index (χ1v) is 6.05. The highest BCUT2D eigenvalue weighted by Crippen LogP contribution is 2.23. The van der Waals surface area contributed by atoms with Crippen LogP contribution in [-0.2, 0) is 13.2 Å². The normalized spacial score (nSPS) is 10.4. The van der Waals surface area contributed by atoms with E-state index in [0.29, 0.717) is 18.2 Å². The van der Waals surface area contributed by atoms with Crippen LogP contribution < -0.4 is 10.5 Å². The molecule has 1 aromatic carbocycles. The number of rotatable bonds is 4. The van der Waals surface area contributed by atoms with Gasteiger partial charge in [0.25, 0.3) is 0 Å². The molecule has 0 aliphatic heterocycles. The highest BCUT2D eigenvalue weighted by molar-refractivity contribution is 7.09. The van der Waals surface area contributed by atoms with Gasteiger partial charge in [-0.3, -0.25) is 0 Å². The molecule has 2 aromatic rings. The number of halogens is 1. The van der Waals surface area contributed by atoms with Crippen molar-refractivity contribution in [2.75, 3.05) is 0 Å². The smallest absolute Gasteiger partial charge is 0.140 e. The molecule has 0 amide bonds. The van der Waals surface area contributed by atoms with Gasteiger partial charge in [0.1, 0.15) is 17.4 Å². The van der Waals surface area contributed by atoms with Crippen molar-refractivity contribution in [1.82, 2.24) is 4.98 Å². The third-order valence-electron chi connectivity index (χ3n) is 2.08. The largest absolute Gasteiger partial charge is 0.486 e. The minimum atomic E-state index is 0.410. The highest BCUT2D eigenvalue weighted by Gasteiger charge is 2.04. The molecule has 0 saturated carbocycles. The molecule has 2 N–H and O–H groups in total. The van der Waals surface area contributed by atoms with E-state index in [0.717, 1.165) is 16.3 Å². The van der Waals surface area contributed by atoms with Gasteiger partial charge in [0.15, 0.2) is 0 Å². The van der Waals surface area contributed by atoms with Gasteiger partial charge in [0, 0.05) is 28.7 Å². The van der Waals surface area contributed by atoms with Crippen LogP contribution in [0.5, 0.6) is 5.75 Å². The molecule has 0 bridgehead atoms. The van der Waals surface area contributed by atoms with E-state index in [1.165, 1.54) is 0 Å². The van der Waals surface area contributed by atoms with Gasteiger partial charge < -0.3 is 10.5 Å². The van der Waals surface area contributed by atoms with E-state index in [9.17, 15) is 0 Å². The molecule has 0 aliphatic carbocycles. The second-order valence-corrected chi connectivity index (χ2v) is 4.59. The summed E-state index contributed by atoms with van der Waals surface area (Å²) < 4.78 is 5.64. The van der Waals surface area contributed by atoms with Gasteiger partial charge in [-0.2, -0.15) is 0 Å². The van der Waals surface area contributed by atoms with Crippen molar-refractivity contribution in [1.29, 1.82) is 0 Å². The molecule has 0 aliphatic rings. The summed E-state index contributed by atoms with van der Waals surface area (Å²) in [5, 5.41) is 3.53. The highest BCUT2D eigenvalue weighted by atomic mass is 35.5. The Labute approximate surface area is 103 Å². The summed E-state index contributed by atoms with van der Waals surface area (Å²) in [6.45, 7) is 0.875. The van der Waals surface area contributed by atoms with Crippen molar-refractivity contribution in [2.45, 2.75) is 13.2 Å². The van der Waals surface area contributed by atoms with Gasteiger partial charge in [-0.25, -0.2) is 4.98 Å². The SMILES string of the molecule is NCc1cc(Cl)ccc1OCc1nccs1. The molecule has 0 atom stereocenters. The molecule has 3 nitrogen and oxygen atoms in total. The van der Waals surface area contributed by atoms with Crippen molar-refractivity contribution >= 4 is 22.9 Å². The number of thiazole rings is 1. The zero-order valence-corrected chi connectivity index (χ0v) is 10.1. The monoisotopic (exact) mass is 254 g/mol. The Kier molecular flexibility index (Phi) is 3.77. The lowest BCUT2D eigenvalue weighted by atomic mass is 10.2. The van der Waals surface area contributed by atoms with E-state index in [1.54, 1.807) is 23.6 Å². The summed E-state index contributed by atoms with van der Waals surface area (Å²) >= 11 is 7.44. The molecule has 84 valence electrons. The average molecular weight is 255 g/mol. The molecule has 5 heteroatoms. The van der Waals surface area contributed by atoms with E-state index in [2.05, 4.69) is 4.98 Å². The first kappa shape index (κ1) is 11.4. The molecule has 1 aromatic heterocycles. The van der Waals surface area contributed by atoms with Crippen LogP contribution in [0, 0.1) is 0 Å². The fourth-order valence-electron chi connectivity index (χ4n) is 1.31. The summed E-state index contributed by atoms with van der Waals surface area (Å²) in [4.78, 5) is 4.14. The third-order valence-corrected chi connectivity index (χ3v) is 3.07. The maximum absolute atomic E-state index is 5.87. The van der Waals surface area contributed by atoms with Gasteiger partial charge in [0.05, 0.1) is 0 Å². The quantitative estimate of drug-likeness (QED) is 0.913. The van der Waals surface area contributed by atoms with Gasteiger partial charge >= 0.3 is 0 Å². The minimum absolute atomic E-state index is 0.410. The van der Waals surface area contributed by atoms with E-state index in [-0.39, 0.29) is 0 Å². The van der Waals surface area contributed by atoms with Crippen LogP contribution in [0.25, 0.3) is 0 Å². The molecule has 0 radical (unpaired) electrons. The second kappa shape index (κ2) is 5.30. The molecule has 16 heavy (non-hydrogen) atoms. The molecule has 0 fully saturated rings. The Morgan fingerprint density at radius 2 is 2.31 bits per heavy atom. The maximum Gasteiger partial charge on any atom is 0.140 e. The van der Waals surface area contributed by atoms with Crippen LogP contribution in [0.4, 0.5) is 0 Å². The Bertz CT molecular complexity index is 459. The number of hydrogen-bond acceptors (Lipinski definition) is 4. The summed E-state index contributed by atoms with van der Waals surface area (Å²) in [6.07, 6.45) is 1.76. The number of hydrogen-bond donors (Lipinski definition) is 1. The number of ether oxygens (including phenoxy) is 1. The predicted molar refractivity (Wildman–Crippen MR) is 65.8 cm³/mol. The molecule has 0 saturated heterocycles. The topological polar surface area (TPSA) is 48.1 Å². The summed E-state index contributed by atoms with van der Waals surface area (Å²) in [5.41, 5.74) is 6.52. The van der Waals surface area contributed by atoms with Crippen LogP contribution in [0.1, 0.15) is 10.6 Å². The van der Waals surface area contributed by atoms with Crippen molar-refractivity contribution in [2.24, 2.45) is 5.73 Å². The predicted octanol–water partition coefficient (Wildman–Crippen LogP) is 2.83. The molecule has 0 unspecified atom stereocenters. The zero-order chi connectivity index (χ0) is 11.4. The summed E-state index contributed by atoms with van der Waals surface area (Å²) in [6, 6.07) is 5.44. The zero-order valence-electron chi connectivity index (χ0n) is 8.52. The minimum Gasteiger partial charge on any atom is -0.486 e. The standard InChI is InChI=1S/C11H11ClN2OS/c12-9-1-2-10(8(5-9)6-13)15-7-11-14-3-4-16-11/h1-5H,6-7,13H2. The van der Waals surface area contributed by atoms with Crippen molar-refractivity contribution < 1.29 is 4.74 Å². The first-order valence-electron chi connectivity index (χ1n) is 4.79. The average Bonchev–Trinajstić information content (AvgIpc) is 2.80. The van der Waals surface area contributed by atoms with Gasteiger partial charge in [-0.1, -0.05) is 11.6 Å². The van der Waals surface area contributed by atoms with Crippen molar-refractivity contribution in [3.8, 4) is 5.75 Å². The van der Waals surface area contributed by atoms with Crippen LogP contribution in [0.2, 0.25) is 5.02 Å². The Balaban J connectivity index is 2.09. The fraction of sp³-hybridized carbons (Fsp3) is 0.182.